The molecule has 0 aliphatic heterocycles. The van der Waals surface area contributed by atoms with Gasteiger partial charge in [0, 0.05) is 12.4 Å². The van der Waals surface area contributed by atoms with Crippen LogP contribution in [-0.2, 0) is 0 Å². The van der Waals surface area contributed by atoms with E-state index in [4.69, 9.17) is 11.6 Å². The Balaban J connectivity index is 2.19. The lowest BCUT2D eigenvalue weighted by Crippen LogP contribution is -2.09. The van der Waals surface area contributed by atoms with Crippen molar-refractivity contribution < 1.29 is 0 Å². The molecule has 0 bridgehead atoms. The molecule has 2 aromatic rings. The second kappa shape index (κ2) is 5.15. The Bertz CT molecular complexity index is 499. The van der Waals surface area contributed by atoms with E-state index < -0.39 is 0 Å². The van der Waals surface area contributed by atoms with E-state index in [0.717, 1.165) is 22.0 Å². The molecule has 0 aliphatic carbocycles. The summed E-state index contributed by atoms with van der Waals surface area (Å²) in [5.74, 6) is 0. The van der Waals surface area contributed by atoms with Crippen molar-refractivity contribution in [3.05, 3.63) is 53.1 Å². The zero-order valence-electron chi connectivity index (χ0n) is 9.81. The largest absolute Gasteiger partial charge is 0.376 e. The van der Waals surface area contributed by atoms with Crippen LogP contribution in [0.15, 0.2) is 36.8 Å². The fraction of sp³-hybridized carbons (Fsp3) is 0.231. The third-order valence-corrected chi connectivity index (χ3v) is 3.09. The van der Waals surface area contributed by atoms with Crippen LogP contribution in [0.25, 0.3) is 0 Å². The van der Waals surface area contributed by atoms with Crippen LogP contribution < -0.4 is 5.32 Å². The molecule has 17 heavy (non-hydrogen) atoms. The summed E-state index contributed by atoms with van der Waals surface area (Å²) < 4.78 is 0. The van der Waals surface area contributed by atoms with Crippen LogP contribution in [-0.4, -0.2) is 9.97 Å². The number of halogens is 1. The van der Waals surface area contributed by atoms with Gasteiger partial charge < -0.3 is 5.32 Å². The highest BCUT2D eigenvalue weighted by molar-refractivity contribution is 6.34. The summed E-state index contributed by atoms with van der Waals surface area (Å²) in [4.78, 5) is 8.31. The van der Waals surface area contributed by atoms with Crippen molar-refractivity contribution in [1.29, 1.82) is 0 Å². The van der Waals surface area contributed by atoms with Crippen molar-refractivity contribution >= 4 is 17.3 Å². The number of aryl methyl sites for hydroxylation is 1. The third-order valence-electron chi connectivity index (χ3n) is 2.59. The van der Waals surface area contributed by atoms with Gasteiger partial charge in [-0.25, -0.2) is 0 Å². The Morgan fingerprint density at radius 3 is 2.82 bits per heavy atom. The van der Waals surface area contributed by atoms with Gasteiger partial charge in [-0.1, -0.05) is 23.7 Å². The summed E-state index contributed by atoms with van der Waals surface area (Å²) >= 11 is 6.23. The van der Waals surface area contributed by atoms with Gasteiger partial charge in [-0.15, -0.1) is 0 Å². The fourth-order valence-electron chi connectivity index (χ4n) is 1.60. The van der Waals surface area contributed by atoms with Crippen LogP contribution in [0.2, 0.25) is 5.02 Å². The molecule has 0 amide bonds. The second-order valence-electron chi connectivity index (χ2n) is 3.93. The molecule has 1 unspecified atom stereocenters. The van der Waals surface area contributed by atoms with Crippen molar-refractivity contribution in [3.8, 4) is 0 Å². The highest BCUT2D eigenvalue weighted by Gasteiger charge is 2.09. The molecule has 1 atom stereocenters. The molecular formula is C13H14ClN3. The molecule has 0 spiro atoms. The van der Waals surface area contributed by atoms with E-state index in [9.17, 15) is 0 Å². The van der Waals surface area contributed by atoms with E-state index in [1.54, 1.807) is 18.6 Å². The minimum atomic E-state index is 0.0722. The van der Waals surface area contributed by atoms with E-state index in [1.165, 1.54) is 0 Å². The molecule has 0 fully saturated rings. The number of anilines is 1. The van der Waals surface area contributed by atoms with Gasteiger partial charge in [0.25, 0.3) is 0 Å². The lowest BCUT2D eigenvalue weighted by molar-refractivity contribution is 0.827. The smallest absolute Gasteiger partial charge is 0.0806 e. The van der Waals surface area contributed by atoms with Gasteiger partial charge in [-0.05, 0) is 25.5 Å². The van der Waals surface area contributed by atoms with Gasteiger partial charge in [-0.3, -0.25) is 9.97 Å². The molecular weight excluding hydrogens is 234 g/mol. The Morgan fingerprint density at radius 1 is 1.29 bits per heavy atom. The number of nitrogens with one attached hydrogen (secondary N) is 1. The molecule has 4 heteroatoms. The first-order valence-electron chi connectivity index (χ1n) is 5.46. The van der Waals surface area contributed by atoms with Crippen LogP contribution in [0.3, 0.4) is 0 Å². The van der Waals surface area contributed by atoms with Crippen molar-refractivity contribution in [2.75, 3.05) is 5.32 Å². The first-order valence-corrected chi connectivity index (χ1v) is 5.84. The maximum atomic E-state index is 6.23. The highest BCUT2D eigenvalue weighted by Crippen LogP contribution is 2.27. The molecule has 0 radical (unpaired) electrons. The number of aromatic nitrogens is 2. The van der Waals surface area contributed by atoms with E-state index in [1.807, 2.05) is 32.0 Å². The normalized spacial score (nSPS) is 12.2. The molecule has 3 nitrogen and oxygen atoms in total. The van der Waals surface area contributed by atoms with Gasteiger partial charge in [0.1, 0.15) is 0 Å². The van der Waals surface area contributed by atoms with E-state index in [2.05, 4.69) is 15.3 Å². The van der Waals surface area contributed by atoms with E-state index >= 15 is 0 Å². The molecule has 1 aromatic heterocycles. The van der Waals surface area contributed by atoms with Crippen molar-refractivity contribution in [2.45, 2.75) is 19.9 Å². The molecule has 0 saturated heterocycles. The summed E-state index contributed by atoms with van der Waals surface area (Å²) in [5.41, 5.74) is 2.87. The van der Waals surface area contributed by atoms with Gasteiger partial charge in [0.05, 0.1) is 28.6 Å². The highest BCUT2D eigenvalue weighted by atomic mass is 35.5. The van der Waals surface area contributed by atoms with Crippen molar-refractivity contribution in [3.63, 3.8) is 0 Å². The van der Waals surface area contributed by atoms with Crippen molar-refractivity contribution in [1.82, 2.24) is 9.97 Å². The average Bonchev–Trinajstić information content (AvgIpc) is 2.36. The topological polar surface area (TPSA) is 37.8 Å². The molecule has 0 saturated carbocycles. The summed E-state index contributed by atoms with van der Waals surface area (Å²) in [6.45, 7) is 4.02. The molecule has 1 aromatic carbocycles. The summed E-state index contributed by atoms with van der Waals surface area (Å²) in [6.07, 6.45) is 5.10. The van der Waals surface area contributed by atoms with Crippen LogP contribution >= 0.6 is 11.6 Å². The van der Waals surface area contributed by atoms with Gasteiger partial charge in [0.2, 0.25) is 0 Å². The summed E-state index contributed by atoms with van der Waals surface area (Å²) in [6, 6.07) is 6.00. The number of hydrogen-bond acceptors (Lipinski definition) is 3. The maximum absolute atomic E-state index is 6.23. The fourth-order valence-corrected chi connectivity index (χ4v) is 1.78. The maximum Gasteiger partial charge on any atom is 0.0806 e. The lowest BCUT2D eigenvalue weighted by Gasteiger charge is -2.16. The Morgan fingerprint density at radius 2 is 2.12 bits per heavy atom. The SMILES string of the molecule is Cc1cccc(NC(C)c2cnccn2)c1Cl. The molecule has 0 aliphatic rings. The number of nitrogens with zero attached hydrogens (tertiary/aromatic N) is 2. The lowest BCUT2D eigenvalue weighted by atomic mass is 10.2. The minimum Gasteiger partial charge on any atom is -0.376 e. The predicted molar refractivity (Wildman–Crippen MR) is 70.3 cm³/mol. The Labute approximate surface area is 106 Å². The van der Waals surface area contributed by atoms with Crippen LogP contribution in [0.4, 0.5) is 5.69 Å². The molecule has 1 N–H and O–H groups in total. The predicted octanol–water partition coefficient (Wildman–Crippen LogP) is 3.61. The van der Waals surface area contributed by atoms with Crippen LogP contribution in [0, 0.1) is 6.92 Å². The number of rotatable bonds is 3. The zero-order valence-corrected chi connectivity index (χ0v) is 10.6. The van der Waals surface area contributed by atoms with E-state index in [0.29, 0.717) is 0 Å². The quantitative estimate of drug-likeness (QED) is 0.900. The minimum absolute atomic E-state index is 0.0722. The van der Waals surface area contributed by atoms with Crippen LogP contribution in [0.1, 0.15) is 24.2 Å². The Hall–Kier alpha value is -1.61. The van der Waals surface area contributed by atoms with E-state index in [-0.39, 0.29) is 6.04 Å². The summed E-state index contributed by atoms with van der Waals surface area (Å²) in [5, 5.41) is 4.09. The Kier molecular flexibility index (Phi) is 3.59. The monoisotopic (exact) mass is 247 g/mol. The van der Waals surface area contributed by atoms with Crippen molar-refractivity contribution in [2.24, 2.45) is 0 Å². The first kappa shape index (κ1) is 11.9. The summed E-state index contributed by atoms with van der Waals surface area (Å²) in [7, 11) is 0. The number of benzene rings is 1. The molecule has 2 rings (SSSR count). The van der Waals surface area contributed by atoms with Gasteiger partial charge in [-0.2, -0.15) is 0 Å². The molecule has 88 valence electrons. The van der Waals surface area contributed by atoms with Gasteiger partial charge in [0.15, 0.2) is 0 Å². The first-order chi connectivity index (χ1) is 8.18. The third kappa shape index (κ3) is 2.74. The standard InChI is InChI=1S/C13H14ClN3/c1-9-4-3-5-11(13(9)14)17-10(2)12-8-15-6-7-16-12/h3-8,10,17H,1-2H3. The van der Waals surface area contributed by atoms with Gasteiger partial charge >= 0.3 is 0 Å². The second-order valence-corrected chi connectivity index (χ2v) is 4.31. The molecule has 1 heterocycles. The number of hydrogen-bond donors (Lipinski definition) is 1. The average molecular weight is 248 g/mol. The zero-order chi connectivity index (χ0) is 12.3. The van der Waals surface area contributed by atoms with Crippen LogP contribution in [0.5, 0.6) is 0 Å².